The molecule has 0 saturated heterocycles. The quantitative estimate of drug-likeness (QED) is 0.154. The molecule has 0 radical (unpaired) electrons. The number of fused-ring (bicyclic) bond motifs is 2. The van der Waals surface area contributed by atoms with E-state index in [0.717, 1.165) is 39.5 Å². The Labute approximate surface area is 249 Å². The van der Waals surface area contributed by atoms with Gasteiger partial charge in [-0.3, -0.25) is 4.98 Å². The largest absolute Gasteiger partial charge is 0.490 e. The normalized spacial score (nSPS) is 12.0. The Kier molecular flexibility index (Phi) is 10.6. The molecule has 2 aromatic carbocycles. The first-order valence-electron chi connectivity index (χ1n) is 12.7. The molecule has 10 nitrogen and oxygen atoms in total. The maximum atomic E-state index is 14.2. The Morgan fingerprint density at radius 1 is 0.933 bits per heavy atom. The molecule has 0 spiro atoms. The summed E-state index contributed by atoms with van der Waals surface area (Å²) in [5.74, 6) is -5.12. The Morgan fingerprint density at radius 2 is 1.58 bits per heavy atom. The second-order valence-corrected chi connectivity index (χ2v) is 9.06. The molecule has 0 fully saturated rings. The predicted molar refractivity (Wildman–Crippen MR) is 148 cm³/mol. The van der Waals surface area contributed by atoms with E-state index in [0.29, 0.717) is 11.5 Å². The maximum Gasteiger partial charge on any atom is 0.490 e. The average Bonchev–Trinajstić information content (AvgIpc) is 3.46. The lowest BCUT2D eigenvalue weighted by Crippen LogP contribution is -2.21. The second-order valence-electron chi connectivity index (χ2n) is 9.06. The van der Waals surface area contributed by atoms with Gasteiger partial charge in [-0.2, -0.15) is 26.3 Å². The van der Waals surface area contributed by atoms with Crippen LogP contribution in [0, 0.1) is 5.82 Å². The summed E-state index contributed by atoms with van der Waals surface area (Å²) in [6.45, 7) is 4.20. The van der Waals surface area contributed by atoms with Crippen LogP contribution in [0.1, 0.15) is 31.0 Å². The summed E-state index contributed by atoms with van der Waals surface area (Å²) in [5.41, 5.74) is 6.15. The molecule has 0 bridgehead atoms. The highest BCUT2D eigenvalue weighted by molar-refractivity contribution is 5.98. The van der Waals surface area contributed by atoms with Gasteiger partial charge < -0.3 is 20.5 Å². The van der Waals surface area contributed by atoms with Gasteiger partial charge in [0.25, 0.3) is 0 Å². The van der Waals surface area contributed by atoms with E-state index < -0.39 is 24.3 Å². The summed E-state index contributed by atoms with van der Waals surface area (Å²) >= 11 is 0. The van der Waals surface area contributed by atoms with Crippen LogP contribution < -0.4 is 5.32 Å². The molecule has 3 heterocycles. The lowest BCUT2D eigenvalue weighted by atomic mass is 9.89. The molecule has 5 aromatic rings. The van der Waals surface area contributed by atoms with E-state index in [2.05, 4.69) is 51.2 Å². The Morgan fingerprint density at radius 3 is 2.16 bits per heavy atom. The van der Waals surface area contributed by atoms with Crippen LogP contribution in [-0.2, 0) is 16.0 Å². The van der Waals surface area contributed by atoms with Crippen LogP contribution in [0.5, 0.6) is 0 Å². The number of alkyl halides is 6. The topological polar surface area (TPSA) is 154 Å². The lowest BCUT2D eigenvalue weighted by Gasteiger charge is -2.22. The first-order valence-corrected chi connectivity index (χ1v) is 12.7. The van der Waals surface area contributed by atoms with Crippen LogP contribution >= 0.6 is 0 Å². The van der Waals surface area contributed by atoms with Crippen molar-refractivity contribution in [1.82, 2.24) is 24.9 Å². The highest BCUT2D eigenvalue weighted by Crippen LogP contribution is 2.38. The highest BCUT2D eigenvalue weighted by Gasteiger charge is 2.38. The summed E-state index contributed by atoms with van der Waals surface area (Å²) in [6, 6.07) is 12.7. The smallest absolute Gasteiger partial charge is 0.475 e. The number of hydrogen-bond donors (Lipinski definition) is 4. The third kappa shape index (κ3) is 8.61. The van der Waals surface area contributed by atoms with Crippen molar-refractivity contribution in [1.29, 1.82) is 0 Å². The number of carboxylic acid groups (broad SMARTS) is 2. The van der Waals surface area contributed by atoms with E-state index >= 15 is 0 Å². The number of halogens is 7. The average molecular weight is 641 g/mol. The van der Waals surface area contributed by atoms with Gasteiger partial charge in [-0.05, 0) is 48.2 Å². The summed E-state index contributed by atoms with van der Waals surface area (Å²) < 4.78 is 77.6. The molecule has 45 heavy (non-hydrogen) atoms. The zero-order chi connectivity index (χ0) is 33.5. The standard InChI is InChI=1S/C24H21FN6.2C2HF3O2/c1-3-15-11-19(14(2)31-24-22-23(28-12-27-22)29-13-30-24)20(16-6-4-7-17(25)10-16)21-18(15)8-5-9-26-21;2*3-2(4,5)1(6)7/h4-14H,3H2,1-2H3,(H2,27,28,29,30,31);2*(H,6,7). The van der Waals surface area contributed by atoms with E-state index in [4.69, 9.17) is 24.8 Å². The molecular weight excluding hydrogens is 617 g/mol. The van der Waals surface area contributed by atoms with Gasteiger partial charge in [0.2, 0.25) is 0 Å². The van der Waals surface area contributed by atoms with Gasteiger partial charge in [-0.1, -0.05) is 31.2 Å². The fraction of sp³-hybridized carbons (Fsp3) is 0.214. The molecule has 17 heteroatoms. The Bertz CT molecular complexity index is 1780. The lowest BCUT2D eigenvalue weighted by molar-refractivity contribution is -0.193. The molecule has 1 unspecified atom stereocenters. The summed E-state index contributed by atoms with van der Waals surface area (Å²) in [6.07, 6.45) is -4.43. The predicted octanol–water partition coefficient (Wildman–Crippen LogP) is 6.71. The van der Waals surface area contributed by atoms with Gasteiger partial charge in [0.05, 0.1) is 17.9 Å². The number of pyridine rings is 1. The van der Waals surface area contributed by atoms with E-state index in [1.54, 1.807) is 24.7 Å². The van der Waals surface area contributed by atoms with Crippen molar-refractivity contribution < 1.29 is 50.5 Å². The van der Waals surface area contributed by atoms with Crippen LogP contribution in [0.15, 0.2) is 61.3 Å². The number of carboxylic acids is 2. The van der Waals surface area contributed by atoms with Crippen molar-refractivity contribution in [2.24, 2.45) is 0 Å². The molecule has 0 aliphatic heterocycles. The second kappa shape index (κ2) is 14.0. The molecule has 0 amide bonds. The molecule has 3 aromatic heterocycles. The summed E-state index contributed by atoms with van der Waals surface area (Å²) in [7, 11) is 0. The number of aryl methyl sites for hydroxylation is 1. The number of hydrogen-bond acceptors (Lipinski definition) is 7. The molecule has 0 saturated carbocycles. The van der Waals surface area contributed by atoms with Gasteiger partial charge in [0.1, 0.15) is 17.7 Å². The number of benzene rings is 2. The number of aromatic amines is 1. The first-order chi connectivity index (χ1) is 21.0. The summed E-state index contributed by atoms with van der Waals surface area (Å²) in [5, 5.41) is 18.8. The SMILES string of the molecule is CCc1cc(C(C)Nc2ncnc3nc[nH]c23)c(-c2cccc(F)c2)c2ncccc12.O=C(O)C(F)(F)F.O=C(O)C(F)(F)F. The van der Waals surface area contributed by atoms with Crippen molar-refractivity contribution >= 4 is 39.8 Å². The molecule has 0 aliphatic carbocycles. The third-order valence-corrected chi connectivity index (χ3v) is 6.03. The van der Waals surface area contributed by atoms with Crippen molar-refractivity contribution in [2.75, 3.05) is 5.32 Å². The highest BCUT2D eigenvalue weighted by atomic mass is 19.4. The number of rotatable bonds is 5. The summed E-state index contributed by atoms with van der Waals surface area (Å²) in [4.78, 5) is 38.4. The number of carbonyl (C=O) groups is 2. The van der Waals surface area contributed by atoms with Crippen molar-refractivity contribution in [3.63, 3.8) is 0 Å². The van der Waals surface area contributed by atoms with Gasteiger partial charge in [-0.15, -0.1) is 0 Å². The van der Waals surface area contributed by atoms with Crippen LogP contribution in [0.3, 0.4) is 0 Å². The number of aliphatic carboxylic acids is 2. The van der Waals surface area contributed by atoms with Crippen molar-refractivity contribution in [3.05, 3.63) is 78.3 Å². The van der Waals surface area contributed by atoms with Crippen LogP contribution in [0.25, 0.3) is 33.2 Å². The number of nitrogens with one attached hydrogen (secondary N) is 2. The zero-order valence-corrected chi connectivity index (χ0v) is 23.2. The monoisotopic (exact) mass is 640 g/mol. The van der Waals surface area contributed by atoms with E-state index in [1.807, 2.05) is 12.1 Å². The number of nitrogens with zero attached hydrogens (tertiary/aromatic N) is 4. The minimum Gasteiger partial charge on any atom is -0.475 e. The number of imidazole rings is 1. The van der Waals surface area contributed by atoms with Crippen LogP contribution in [0.2, 0.25) is 0 Å². The van der Waals surface area contributed by atoms with Crippen LogP contribution in [-0.4, -0.2) is 59.4 Å². The molecule has 0 aliphatic rings. The first kappa shape index (κ1) is 34.1. The van der Waals surface area contributed by atoms with E-state index in [-0.39, 0.29) is 11.9 Å². The number of anilines is 1. The van der Waals surface area contributed by atoms with Gasteiger partial charge >= 0.3 is 24.3 Å². The maximum absolute atomic E-state index is 14.2. The van der Waals surface area contributed by atoms with Crippen molar-refractivity contribution in [2.45, 2.75) is 38.7 Å². The molecule has 4 N–H and O–H groups in total. The van der Waals surface area contributed by atoms with Gasteiger partial charge in [-0.25, -0.2) is 28.9 Å². The Balaban J connectivity index is 0.000000331. The molecule has 5 rings (SSSR count). The van der Waals surface area contributed by atoms with Crippen molar-refractivity contribution in [3.8, 4) is 11.1 Å². The minimum atomic E-state index is -5.08. The number of aromatic nitrogens is 5. The molecule has 238 valence electrons. The van der Waals surface area contributed by atoms with Gasteiger partial charge in [0, 0.05) is 17.1 Å². The molecule has 1 atom stereocenters. The Hall–Kier alpha value is -5.35. The van der Waals surface area contributed by atoms with E-state index in [9.17, 15) is 30.7 Å². The van der Waals surface area contributed by atoms with Gasteiger partial charge in [0.15, 0.2) is 11.5 Å². The molecular formula is C28H23F7N6O4. The van der Waals surface area contributed by atoms with E-state index in [1.165, 1.54) is 18.0 Å². The minimum absolute atomic E-state index is 0.128. The third-order valence-electron chi connectivity index (χ3n) is 6.03. The van der Waals surface area contributed by atoms with Crippen LogP contribution in [0.4, 0.5) is 36.6 Å². The zero-order valence-electron chi connectivity index (χ0n) is 23.2. The fourth-order valence-corrected chi connectivity index (χ4v) is 4.08. The fourth-order valence-electron chi connectivity index (χ4n) is 4.08. The number of H-pyrrole nitrogens is 1.